The highest BCUT2D eigenvalue weighted by atomic mass is 16.5. The van der Waals surface area contributed by atoms with Crippen LogP contribution in [0, 0.1) is 12.8 Å². The van der Waals surface area contributed by atoms with Gasteiger partial charge < -0.3 is 15.8 Å². The second-order valence-corrected chi connectivity index (χ2v) is 4.27. The molecule has 4 heteroatoms. The second-order valence-electron chi connectivity index (χ2n) is 4.27. The molecule has 0 spiro atoms. The Hall–Kier alpha value is -1.55. The molecule has 0 aliphatic rings. The number of methoxy groups -OCH3 is 1. The normalized spacial score (nSPS) is 14.1. The topological polar surface area (TPSA) is 64.3 Å². The third kappa shape index (κ3) is 3.75. The van der Waals surface area contributed by atoms with Crippen molar-refractivity contribution in [3.05, 3.63) is 29.8 Å². The van der Waals surface area contributed by atoms with E-state index in [0.717, 1.165) is 11.3 Å². The first kappa shape index (κ1) is 13.5. The average Bonchev–Trinajstić information content (AvgIpc) is 2.27. The Labute approximate surface area is 102 Å². The van der Waals surface area contributed by atoms with Crippen molar-refractivity contribution in [2.45, 2.75) is 19.9 Å². The highest BCUT2D eigenvalue weighted by Crippen LogP contribution is 2.17. The van der Waals surface area contributed by atoms with Crippen LogP contribution in [0.1, 0.15) is 12.5 Å². The monoisotopic (exact) mass is 236 g/mol. The lowest BCUT2D eigenvalue weighted by molar-refractivity contribution is -0.120. The maximum Gasteiger partial charge on any atom is 0.240 e. The zero-order valence-corrected chi connectivity index (χ0v) is 10.6. The SMILES string of the molecule is COCC(C)C(Nc1ccccc1C)C(N)=O. The number of carbonyl (C=O) groups excluding carboxylic acids is 1. The number of para-hydroxylation sites is 1. The number of nitrogens with two attached hydrogens (primary N) is 1. The van der Waals surface area contributed by atoms with Crippen LogP contribution in [0.4, 0.5) is 5.69 Å². The van der Waals surface area contributed by atoms with Crippen LogP contribution < -0.4 is 11.1 Å². The van der Waals surface area contributed by atoms with E-state index in [4.69, 9.17) is 10.5 Å². The van der Waals surface area contributed by atoms with Crippen LogP contribution >= 0.6 is 0 Å². The Balaban J connectivity index is 2.80. The van der Waals surface area contributed by atoms with Crippen molar-refractivity contribution in [3.8, 4) is 0 Å². The van der Waals surface area contributed by atoms with Crippen molar-refractivity contribution in [3.63, 3.8) is 0 Å². The molecule has 1 amide bonds. The number of aryl methyl sites for hydroxylation is 1. The lowest BCUT2D eigenvalue weighted by Crippen LogP contribution is -2.42. The summed E-state index contributed by atoms with van der Waals surface area (Å²) in [6.45, 7) is 4.41. The number of primary amides is 1. The maximum atomic E-state index is 11.4. The zero-order chi connectivity index (χ0) is 12.8. The van der Waals surface area contributed by atoms with Gasteiger partial charge in [0, 0.05) is 18.7 Å². The molecule has 0 aliphatic carbocycles. The molecule has 0 fully saturated rings. The maximum absolute atomic E-state index is 11.4. The Morgan fingerprint density at radius 3 is 2.65 bits per heavy atom. The predicted molar refractivity (Wildman–Crippen MR) is 68.8 cm³/mol. The van der Waals surface area contributed by atoms with Gasteiger partial charge in [-0.25, -0.2) is 0 Å². The van der Waals surface area contributed by atoms with Gasteiger partial charge in [0.2, 0.25) is 5.91 Å². The van der Waals surface area contributed by atoms with Crippen LogP contribution in [0.25, 0.3) is 0 Å². The van der Waals surface area contributed by atoms with Crippen molar-refractivity contribution in [2.24, 2.45) is 11.7 Å². The third-order valence-electron chi connectivity index (χ3n) is 2.76. The molecule has 3 N–H and O–H groups in total. The number of hydrogen-bond donors (Lipinski definition) is 2. The van der Waals surface area contributed by atoms with E-state index in [9.17, 15) is 4.79 Å². The van der Waals surface area contributed by atoms with E-state index in [2.05, 4.69) is 5.32 Å². The van der Waals surface area contributed by atoms with Gasteiger partial charge in [-0.2, -0.15) is 0 Å². The number of hydrogen-bond acceptors (Lipinski definition) is 3. The fourth-order valence-electron chi connectivity index (χ4n) is 1.76. The number of amides is 1. The van der Waals surface area contributed by atoms with Crippen molar-refractivity contribution in [1.29, 1.82) is 0 Å². The van der Waals surface area contributed by atoms with Gasteiger partial charge in [0.05, 0.1) is 6.61 Å². The van der Waals surface area contributed by atoms with Gasteiger partial charge in [0.15, 0.2) is 0 Å². The quantitative estimate of drug-likeness (QED) is 0.787. The van der Waals surface area contributed by atoms with E-state index < -0.39 is 6.04 Å². The third-order valence-corrected chi connectivity index (χ3v) is 2.76. The van der Waals surface area contributed by atoms with Crippen LogP contribution in [0.3, 0.4) is 0 Å². The lowest BCUT2D eigenvalue weighted by Gasteiger charge is -2.23. The molecule has 0 aliphatic heterocycles. The summed E-state index contributed by atoms with van der Waals surface area (Å²) < 4.78 is 5.05. The Morgan fingerprint density at radius 2 is 2.12 bits per heavy atom. The minimum atomic E-state index is -0.420. The minimum Gasteiger partial charge on any atom is -0.384 e. The predicted octanol–water partition coefficient (Wildman–Crippen LogP) is 1.54. The molecule has 1 aromatic rings. The van der Waals surface area contributed by atoms with Crippen molar-refractivity contribution in [1.82, 2.24) is 0 Å². The van der Waals surface area contributed by atoms with Crippen molar-refractivity contribution >= 4 is 11.6 Å². The molecule has 1 rings (SSSR count). The Morgan fingerprint density at radius 1 is 1.47 bits per heavy atom. The first-order valence-corrected chi connectivity index (χ1v) is 5.66. The molecule has 2 unspecified atom stereocenters. The molecule has 0 radical (unpaired) electrons. The fourth-order valence-corrected chi connectivity index (χ4v) is 1.76. The molecule has 94 valence electrons. The summed E-state index contributed by atoms with van der Waals surface area (Å²) >= 11 is 0. The van der Waals surface area contributed by atoms with Crippen molar-refractivity contribution in [2.75, 3.05) is 19.0 Å². The number of nitrogens with one attached hydrogen (secondary N) is 1. The molecule has 2 atom stereocenters. The number of anilines is 1. The smallest absolute Gasteiger partial charge is 0.240 e. The summed E-state index contributed by atoms with van der Waals surface area (Å²) in [5.41, 5.74) is 7.43. The van der Waals surface area contributed by atoms with Crippen LogP contribution in [0.2, 0.25) is 0 Å². The number of carbonyl (C=O) groups is 1. The molecule has 1 aromatic carbocycles. The summed E-state index contributed by atoms with van der Waals surface area (Å²) in [5, 5.41) is 3.18. The van der Waals surface area contributed by atoms with Gasteiger partial charge in [-0.15, -0.1) is 0 Å². The largest absolute Gasteiger partial charge is 0.384 e. The molecule has 0 heterocycles. The summed E-state index contributed by atoms with van der Waals surface area (Å²) in [5.74, 6) is -0.338. The molecular formula is C13H20N2O2. The van der Waals surface area contributed by atoms with Gasteiger partial charge in [-0.05, 0) is 18.6 Å². The Bertz CT molecular complexity index is 379. The van der Waals surface area contributed by atoms with E-state index in [0.29, 0.717) is 6.61 Å². The first-order valence-electron chi connectivity index (χ1n) is 5.66. The number of ether oxygens (including phenoxy) is 1. The van der Waals surface area contributed by atoms with E-state index in [1.165, 1.54) is 0 Å². The summed E-state index contributed by atoms with van der Waals surface area (Å²) in [6, 6.07) is 7.38. The van der Waals surface area contributed by atoms with E-state index >= 15 is 0 Å². The van der Waals surface area contributed by atoms with Crippen LogP contribution in [0.15, 0.2) is 24.3 Å². The van der Waals surface area contributed by atoms with Gasteiger partial charge in [-0.1, -0.05) is 25.1 Å². The van der Waals surface area contributed by atoms with Crippen molar-refractivity contribution < 1.29 is 9.53 Å². The molecule has 0 saturated carbocycles. The molecule has 4 nitrogen and oxygen atoms in total. The van der Waals surface area contributed by atoms with Crippen LogP contribution in [0.5, 0.6) is 0 Å². The Kier molecular flexibility index (Phi) is 4.97. The minimum absolute atomic E-state index is 0.0251. The molecular weight excluding hydrogens is 216 g/mol. The average molecular weight is 236 g/mol. The summed E-state index contributed by atoms with van der Waals surface area (Å²) in [4.78, 5) is 11.4. The van der Waals surface area contributed by atoms with Gasteiger partial charge in [0.1, 0.15) is 6.04 Å². The first-order chi connectivity index (χ1) is 8.06. The second kappa shape index (κ2) is 6.25. The highest BCUT2D eigenvalue weighted by molar-refractivity contribution is 5.83. The lowest BCUT2D eigenvalue weighted by atomic mass is 10.0. The fraction of sp³-hybridized carbons (Fsp3) is 0.462. The van der Waals surface area contributed by atoms with Gasteiger partial charge in [0.25, 0.3) is 0 Å². The summed E-state index contributed by atoms with van der Waals surface area (Å²) in [7, 11) is 1.61. The molecule has 17 heavy (non-hydrogen) atoms. The highest BCUT2D eigenvalue weighted by Gasteiger charge is 2.22. The van der Waals surface area contributed by atoms with E-state index in [-0.39, 0.29) is 11.8 Å². The molecule has 0 bridgehead atoms. The van der Waals surface area contributed by atoms with E-state index in [1.807, 2.05) is 38.1 Å². The summed E-state index contributed by atoms with van der Waals surface area (Å²) in [6.07, 6.45) is 0. The number of benzene rings is 1. The van der Waals surface area contributed by atoms with Crippen LogP contribution in [-0.4, -0.2) is 25.7 Å². The van der Waals surface area contributed by atoms with E-state index in [1.54, 1.807) is 7.11 Å². The van der Waals surface area contributed by atoms with Gasteiger partial charge in [-0.3, -0.25) is 4.79 Å². The van der Waals surface area contributed by atoms with Gasteiger partial charge >= 0.3 is 0 Å². The molecule has 0 aromatic heterocycles. The number of rotatable bonds is 6. The zero-order valence-electron chi connectivity index (χ0n) is 10.6. The molecule has 0 saturated heterocycles. The van der Waals surface area contributed by atoms with Crippen LogP contribution in [-0.2, 0) is 9.53 Å². The standard InChI is InChI=1S/C13H20N2O2/c1-9-6-4-5-7-11(9)15-12(13(14)16)10(2)8-17-3/h4-7,10,12,15H,8H2,1-3H3,(H2,14,16).